The predicted molar refractivity (Wildman–Crippen MR) is 178 cm³/mol. The number of benzene rings is 3. The number of Topliss-reactive ketones (excluding diaryl/α,β-unsaturated/α-hetero) is 1. The average molecular weight is 591 g/mol. The molecule has 1 atom stereocenters. The average Bonchev–Trinajstić information content (AvgIpc) is 3.04. The minimum absolute atomic E-state index is 0.00887. The zero-order valence-electron chi connectivity index (χ0n) is 26.3. The van der Waals surface area contributed by atoms with E-state index in [2.05, 4.69) is 25.2 Å². The van der Waals surface area contributed by atoms with E-state index in [0.717, 1.165) is 11.1 Å². The van der Waals surface area contributed by atoms with E-state index in [1.54, 1.807) is 44.6 Å². The Hall–Kier alpha value is -4.65. The Labute approximate surface area is 261 Å². The Bertz CT molecular complexity index is 1540. The van der Waals surface area contributed by atoms with E-state index in [1.165, 1.54) is 19.5 Å². The summed E-state index contributed by atoms with van der Waals surface area (Å²) in [6.45, 7) is 7.66. The number of carbonyl (C=O) groups excluding carboxylic acids is 3. The normalized spacial score (nSPS) is 10.8. The fourth-order valence-corrected chi connectivity index (χ4v) is 4.84. The number of anilines is 1. The van der Waals surface area contributed by atoms with Crippen LogP contribution >= 0.6 is 0 Å². The summed E-state index contributed by atoms with van der Waals surface area (Å²) in [6.07, 6.45) is 1.78. The first kappa shape index (κ1) is 33.8. The molecule has 44 heavy (non-hydrogen) atoms. The SMILES string of the molecule is COc1ccc(C=O)c(NC(=O)C(Cc2ccc(OC)c(OC)c2)B(C)Cc2ccc(C(C)=O)cc2)c1.Cc1bcccc1. The van der Waals surface area contributed by atoms with Crippen LogP contribution in [-0.4, -0.2) is 52.9 Å². The van der Waals surface area contributed by atoms with Crippen molar-refractivity contribution in [3.8, 4) is 17.2 Å². The van der Waals surface area contributed by atoms with Crippen molar-refractivity contribution in [2.24, 2.45) is 0 Å². The fourth-order valence-electron chi connectivity index (χ4n) is 4.84. The molecule has 1 amide bonds. The molecular weight excluding hydrogens is 552 g/mol. The number of hydrogen-bond acceptors (Lipinski definition) is 6. The van der Waals surface area contributed by atoms with Crippen LogP contribution in [0.1, 0.15) is 44.2 Å². The van der Waals surface area contributed by atoms with Gasteiger partial charge < -0.3 is 19.5 Å². The van der Waals surface area contributed by atoms with Crippen LogP contribution < -0.4 is 19.5 Å². The summed E-state index contributed by atoms with van der Waals surface area (Å²) in [5.74, 6) is 3.14. The number of carbonyl (C=O) groups is 3. The van der Waals surface area contributed by atoms with Crippen molar-refractivity contribution in [1.29, 1.82) is 0 Å². The first-order valence-electron chi connectivity index (χ1n) is 14.5. The summed E-state index contributed by atoms with van der Waals surface area (Å²) in [6, 6.07) is 24.1. The summed E-state index contributed by atoms with van der Waals surface area (Å²) in [4.78, 5) is 36.9. The van der Waals surface area contributed by atoms with E-state index in [9.17, 15) is 14.4 Å². The summed E-state index contributed by atoms with van der Waals surface area (Å²) in [5, 5.41) is 2.95. The third kappa shape index (κ3) is 9.69. The van der Waals surface area contributed by atoms with Crippen molar-refractivity contribution >= 4 is 37.3 Å². The molecule has 226 valence electrons. The van der Waals surface area contributed by atoms with Crippen LogP contribution in [0.4, 0.5) is 5.69 Å². The number of aldehydes is 1. The Morgan fingerprint density at radius 1 is 0.886 bits per heavy atom. The molecule has 1 N–H and O–H groups in total. The van der Waals surface area contributed by atoms with Gasteiger partial charge >= 0.3 is 43.5 Å². The maximum atomic E-state index is 13.7. The molecule has 7 nitrogen and oxygen atoms in total. The van der Waals surface area contributed by atoms with Crippen molar-refractivity contribution in [2.75, 3.05) is 26.6 Å². The van der Waals surface area contributed by atoms with Gasteiger partial charge in [-0.3, -0.25) is 14.4 Å². The number of methoxy groups -OCH3 is 3. The second kappa shape index (κ2) is 16.8. The number of ketones is 1. The second-order valence-corrected chi connectivity index (χ2v) is 10.6. The quantitative estimate of drug-likeness (QED) is 0.115. The number of rotatable bonds is 12. The molecule has 4 rings (SSSR count). The van der Waals surface area contributed by atoms with Crippen molar-refractivity contribution in [2.45, 2.75) is 39.2 Å². The molecule has 0 aliphatic rings. The van der Waals surface area contributed by atoms with E-state index < -0.39 is 5.82 Å². The number of amides is 1. The van der Waals surface area contributed by atoms with E-state index in [4.69, 9.17) is 14.2 Å². The molecule has 4 aromatic rings. The van der Waals surface area contributed by atoms with Gasteiger partial charge in [-0.15, -0.1) is 0 Å². The first-order valence-corrected chi connectivity index (χ1v) is 14.5. The van der Waals surface area contributed by atoms with Gasteiger partial charge in [0.2, 0.25) is 5.91 Å². The standard InChI is InChI=1S/C29H32BNO6.C6H7B/c1-19(33)22-9-6-20(7-10-22)17-30(2)25(14-21-8-13-27(36-4)28(15-21)37-5)29(34)31-26-16-24(35-3)12-11-23(26)18-32;1-6-4-2-3-5-7-6/h6-13,15-16,18,25H,14,17H2,1-5H3,(H,31,34);2-5H,1H3. The van der Waals surface area contributed by atoms with Gasteiger partial charge in [-0.2, -0.15) is 0 Å². The summed E-state index contributed by atoms with van der Waals surface area (Å²) < 4.78 is 16.1. The Balaban J connectivity index is 0.000000662. The topological polar surface area (TPSA) is 90.9 Å². The van der Waals surface area contributed by atoms with Crippen LogP contribution in [0.5, 0.6) is 17.2 Å². The molecule has 3 aromatic carbocycles. The van der Waals surface area contributed by atoms with Gasteiger partial charge in [0.1, 0.15) is 5.75 Å². The van der Waals surface area contributed by atoms with Crippen LogP contribution in [0.3, 0.4) is 0 Å². The molecule has 1 unspecified atom stereocenters. The molecule has 0 bridgehead atoms. The van der Waals surface area contributed by atoms with E-state index >= 15 is 0 Å². The Kier molecular flexibility index (Phi) is 13.0. The first-order chi connectivity index (χ1) is 21.2. The molecule has 0 saturated carbocycles. The molecule has 1 aromatic heterocycles. The third-order valence-corrected chi connectivity index (χ3v) is 7.43. The van der Waals surface area contributed by atoms with Crippen LogP contribution in [0.2, 0.25) is 12.6 Å². The van der Waals surface area contributed by atoms with Gasteiger partial charge in [0, 0.05) is 23.0 Å². The van der Waals surface area contributed by atoms with E-state index in [1.807, 2.05) is 55.2 Å². The monoisotopic (exact) mass is 591 g/mol. The molecule has 0 aliphatic heterocycles. The Morgan fingerprint density at radius 3 is 2.14 bits per heavy atom. The van der Waals surface area contributed by atoms with Gasteiger partial charge in [0.05, 0.1) is 27.0 Å². The molecule has 0 aliphatic carbocycles. The van der Waals surface area contributed by atoms with Gasteiger partial charge in [-0.05, 0) is 49.5 Å². The fraction of sp³-hybridized carbons (Fsp3) is 0.257. The summed E-state index contributed by atoms with van der Waals surface area (Å²) >= 11 is 0. The van der Waals surface area contributed by atoms with Gasteiger partial charge in [-0.1, -0.05) is 42.7 Å². The molecule has 0 saturated heterocycles. The zero-order chi connectivity index (χ0) is 32.1. The van der Waals surface area contributed by atoms with Crippen LogP contribution in [0.25, 0.3) is 0 Å². The summed E-state index contributed by atoms with van der Waals surface area (Å²) in [5.41, 5.74) is 4.68. The molecular formula is C35H39B2NO6. The molecule has 1 heterocycles. The van der Waals surface area contributed by atoms with Crippen molar-refractivity contribution in [3.63, 3.8) is 0 Å². The molecule has 9 heteroatoms. The van der Waals surface area contributed by atoms with Crippen molar-refractivity contribution in [1.82, 2.24) is 0 Å². The van der Waals surface area contributed by atoms with Gasteiger partial charge in [0.25, 0.3) is 0 Å². The minimum atomic E-state index is -0.434. The van der Waals surface area contributed by atoms with Crippen LogP contribution in [0, 0.1) is 6.92 Å². The van der Waals surface area contributed by atoms with Gasteiger partial charge in [-0.25, -0.2) is 0 Å². The van der Waals surface area contributed by atoms with E-state index in [-0.39, 0.29) is 18.4 Å². The second-order valence-electron chi connectivity index (χ2n) is 10.6. The molecule has 0 radical (unpaired) electrons. The number of hydrogen-bond donors (Lipinski definition) is 1. The number of ether oxygens (including phenoxy) is 3. The van der Waals surface area contributed by atoms with Crippen LogP contribution in [0.15, 0.2) is 84.8 Å². The summed E-state index contributed by atoms with van der Waals surface area (Å²) in [7, 11) is 4.68. The number of nitrogens with one attached hydrogen (secondary N) is 1. The van der Waals surface area contributed by atoms with Crippen LogP contribution in [-0.2, 0) is 17.5 Å². The zero-order valence-corrected chi connectivity index (χ0v) is 26.3. The molecule has 0 spiro atoms. The van der Waals surface area contributed by atoms with Crippen molar-refractivity contribution in [3.05, 3.63) is 113 Å². The maximum absolute atomic E-state index is 13.7. The molecule has 0 fully saturated rings. The van der Waals surface area contributed by atoms with E-state index in [0.29, 0.717) is 53.1 Å². The predicted octanol–water partition coefficient (Wildman–Crippen LogP) is 6.52. The number of aryl methyl sites for hydroxylation is 1. The third-order valence-electron chi connectivity index (χ3n) is 7.43. The Morgan fingerprint density at radius 2 is 1.59 bits per heavy atom. The van der Waals surface area contributed by atoms with Crippen molar-refractivity contribution < 1.29 is 28.6 Å². The van der Waals surface area contributed by atoms with Gasteiger partial charge in [0.15, 0.2) is 30.3 Å².